The lowest BCUT2D eigenvalue weighted by atomic mass is 10.1. The topological polar surface area (TPSA) is 87.6 Å². The molecular weight excluding hydrogens is 328 g/mol. The highest BCUT2D eigenvalue weighted by molar-refractivity contribution is 7.92. The molecule has 0 atom stereocenters. The van der Waals surface area contributed by atoms with Gasteiger partial charge >= 0.3 is 5.97 Å². The minimum Gasteiger partial charge on any atom is -0.478 e. The summed E-state index contributed by atoms with van der Waals surface area (Å²) in [5.41, 5.74) is 0.877. The Morgan fingerprint density at radius 1 is 1.32 bits per heavy atom. The molecule has 1 aromatic carbocycles. The average molecular weight is 339 g/mol. The van der Waals surface area contributed by atoms with Crippen molar-refractivity contribution < 1.29 is 18.3 Å². The van der Waals surface area contributed by atoms with Gasteiger partial charge in [-0.1, -0.05) is 23.7 Å². The molecule has 2 aromatic rings. The average Bonchev–Trinajstić information content (AvgIpc) is 2.91. The summed E-state index contributed by atoms with van der Waals surface area (Å²) in [5.74, 6) is -1.16. The second-order valence-electron chi connectivity index (χ2n) is 4.78. The first-order valence-electron chi connectivity index (χ1n) is 6.40. The van der Waals surface area contributed by atoms with E-state index in [2.05, 4.69) is 4.98 Å². The van der Waals surface area contributed by atoms with Crippen LogP contribution in [0.3, 0.4) is 0 Å². The molecule has 0 saturated carbocycles. The SMILES string of the molecule is O=C(O)c1cccc2c1N(S(=O)(=O)c1cncc(Cl)c1)CC2. The van der Waals surface area contributed by atoms with E-state index in [0.29, 0.717) is 12.0 Å². The number of nitrogens with zero attached hydrogens (tertiary/aromatic N) is 2. The number of para-hydroxylation sites is 1. The van der Waals surface area contributed by atoms with Crippen molar-refractivity contribution in [3.63, 3.8) is 0 Å². The number of aromatic carboxylic acids is 1. The number of hydrogen-bond acceptors (Lipinski definition) is 4. The van der Waals surface area contributed by atoms with Crippen LogP contribution in [0.2, 0.25) is 5.02 Å². The highest BCUT2D eigenvalue weighted by Crippen LogP contribution is 2.36. The first-order chi connectivity index (χ1) is 10.4. The summed E-state index contributed by atoms with van der Waals surface area (Å²) in [4.78, 5) is 15.1. The molecule has 0 bridgehead atoms. The number of anilines is 1. The van der Waals surface area contributed by atoms with Crippen molar-refractivity contribution >= 4 is 33.3 Å². The van der Waals surface area contributed by atoms with E-state index in [1.165, 1.54) is 24.5 Å². The van der Waals surface area contributed by atoms with Gasteiger partial charge in [0.1, 0.15) is 4.90 Å². The number of halogens is 1. The van der Waals surface area contributed by atoms with E-state index in [4.69, 9.17) is 11.6 Å². The molecule has 0 aliphatic carbocycles. The summed E-state index contributed by atoms with van der Waals surface area (Å²) >= 11 is 5.80. The molecule has 0 radical (unpaired) electrons. The van der Waals surface area contributed by atoms with Crippen molar-refractivity contribution in [1.82, 2.24) is 4.98 Å². The molecule has 6 nitrogen and oxygen atoms in total. The molecule has 114 valence electrons. The van der Waals surface area contributed by atoms with Crippen LogP contribution in [0.15, 0.2) is 41.6 Å². The van der Waals surface area contributed by atoms with Crippen molar-refractivity contribution in [3.05, 3.63) is 52.8 Å². The van der Waals surface area contributed by atoms with Gasteiger partial charge < -0.3 is 5.11 Å². The number of carbonyl (C=O) groups is 1. The van der Waals surface area contributed by atoms with E-state index in [1.54, 1.807) is 12.1 Å². The van der Waals surface area contributed by atoms with Crippen molar-refractivity contribution in [3.8, 4) is 0 Å². The number of rotatable bonds is 3. The van der Waals surface area contributed by atoms with Crippen LogP contribution in [0.4, 0.5) is 5.69 Å². The number of carboxylic acid groups (broad SMARTS) is 1. The Kier molecular flexibility index (Phi) is 3.54. The number of fused-ring (bicyclic) bond motifs is 1. The van der Waals surface area contributed by atoms with Crippen molar-refractivity contribution in [2.45, 2.75) is 11.3 Å². The van der Waals surface area contributed by atoms with E-state index in [0.717, 1.165) is 4.31 Å². The third kappa shape index (κ3) is 2.32. The summed E-state index contributed by atoms with van der Waals surface area (Å²) in [5, 5.41) is 9.49. The first kappa shape index (κ1) is 14.8. The van der Waals surface area contributed by atoms with Gasteiger partial charge in [-0.25, -0.2) is 13.2 Å². The number of carboxylic acids is 1. The van der Waals surface area contributed by atoms with Gasteiger partial charge in [-0.2, -0.15) is 0 Å². The van der Waals surface area contributed by atoms with Gasteiger partial charge in [0.2, 0.25) is 0 Å². The molecular formula is C14H11ClN2O4S. The molecule has 1 aliphatic rings. The Balaban J connectivity index is 2.16. The van der Waals surface area contributed by atoms with Crippen LogP contribution in [0.25, 0.3) is 0 Å². The van der Waals surface area contributed by atoms with Gasteiger partial charge in [0.25, 0.3) is 10.0 Å². The summed E-state index contributed by atoms with van der Waals surface area (Å²) in [6.07, 6.45) is 2.99. The molecule has 0 fully saturated rings. The lowest BCUT2D eigenvalue weighted by Crippen LogP contribution is -2.30. The van der Waals surface area contributed by atoms with E-state index >= 15 is 0 Å². The van der Waals surface area contributed by atoms with Gasteiger partial charge in [-0.05, 0) is 24.1 Å². The largest absolute Gasteiger partial charge is 0.478 e. The fraction of sp³-hybridized carbons (Fsp3) is 0.143. The number of sulfonamides is 1. The summed E-state index contributed by atoms with van der Waals surface area (Å²) in [6.45, 7) is 0.189. The summed E-state index contributed by atoms with van der Waals surface area (Å²) in [7, 11) is -3.91. The van der Waals surface area contributed by atoms with Crippen LogP contribution in [-0.4, -0.2) is 31.0 Å². The smallest absolute Gasteiger partial charge is 0.337 e. The molecule has 8 heteroatoms. The van der Waals surface area contributed by atoms with Crippen LogP contribution in [0.5, 0.6) is 0 Å². The molecule has 2 heterocycles. The Bertz CT molecular complexity index is 867. The zero-order chi connectivity index (χ0) is 15.9. The van der Waals surface area contributed by atoms with Crippen LogP contribution < -0.4 is 4.31 Å². The van der Waals surface area contributed by atoms with Crippen LogP contribution >= 0.6 is 11.6 Å². The Hall–Kier alpha value is -2.12. The number of pyridine rings is 1. The molecule has 0 saturated heterocycles. The third-order valence-corrected chi connectivity index (χ3v) is 5.42. The van der Waals surface area contributed by atoms with Crippen LogP contribution in [0, 0.1) is 0 Å². The van der Waals surface area contributed by atoms with Crippen molar-refractivity contribution in [1.29, 1.82) is 0 Å². The maximum atomic E-state index is 12.8. The lowest BCUT2D eigenvalue weighted by Gasteiger charge is -2.21. The molecule has 22 heavy (non-hydrogen) atoms. The van der Waals surface area contributed by atoms with Gasteiger partial charge in [0, 0.05) is 18.9 Å². The van der Waals surface area contributed by atoms with Gasteiger partial charge in [-0.3, -0.25) is 9.29 Å². The Morgan fingerprint density at radius 2 is 2.09 bits per heavy atom. The van der Waals surface area contributed by atoms with Gasteiger partial charge in [-0.15, -0.1) is 0 Å². The first-order valence-corrected chi connectivity index (χ1v) is 8.21. The molecule has 0 unspecified atom stereocenters. The normalized spacial score (nSPS) is 14.0. The summed E-state index contributed by atoms with van der Waals surface area (Å²) < 4.78 is 26.6. The predicted octanol–water partition coefficient (Wildman–Crippen LogP) is 2.18. The van der Waals surface area contributed by atoms with Crippen molar-refractivity contribution in [2.75, 3.05) is 10.8 Å². The minimum atomic E-state index is -3.91. The highest BCUT2D eigenvalue weighted by atomic mass is 35.5. The maximum Gasteiger partial charge on any atom is 0.337 e. The standard InChI is InChI=1S/C14H11ClN2O4S/c15-10-6-11(8-16-7-10)22(20,21)17-5-4-9-2-1-3-12(13(9)17)14(18)19/h1-3,6-8H,4-5H2,(H,18,19). The molecule has 0 amide bonds. The summed E-state index contributed by atoms with van der Waals surface area (Å²) in [6, 6.07) is 6.03. The van der Waals surface area contributed by atoms with Crippen LogP contribution in [0.1, 0.15) is 15.9 Å². The Morgan fingerprint density at radius 3 is 2.77 bits per heavy atom. The zero-order valence-corrected chi connectivity index (χ0v) is 12.8. The van der Waals surface area contributed by atoms with Gasteiger partial charge in [0.15, 0.2) is 0 Å². The van der Waals surface area contributed by atoms with E-state index in [9.17, 15) is 18.3 Å². The maximum absolute atomic E-state index is 12.8. The fourth-order valence-electron chi connectivity index (χ4n) is 2.50. The zero-order valence-electron chi connectivity index (χ0n) is 11.2. The molecule has 0 spiro atoms. The monoisotopic (exact) mass is 338 g/mol. The number of aromatic nitrogens is 1. The van der Waals surface area contributed by atoms with E-state index in [1.807, 2.05) is 0 Å². The highest BCUT2D eigenvalue weighted by Gasteiger charge is 2.34. The Labute approximate surface area is 132 Å². The minimum absolute atomic E-state index is 0.0337. The second-order valence-corrected chi connectivity index (χ2v) is 7.08. The molecule has 1 N–H and O–H groups in total. The van der Waals surface area contributed by atoms with Crippen molar-refractivity contribution in [2.24, 2.45) is 0 Å². The fourth-order valence-corrected chi connectivity index (χ4v) is 4.25. The van der Waals surface area contributed by atoms with Gasteiger partial charge in [0.05, 0.1) is 16.3 Å². The number of benzene rings is 1. The van der Waals surface area contributed by atoms with Crippen LogP contribution in [-0.2, 0) is 16.4 Å². The quantitative estimate of drug-likeness (QED) is 0.926. The van der Waals surface area contributed by atoms with E-state index < -0.39 is 16.0 Å². The molecule has 3 rings (SSSR count). The third-order valence-electron chi connectivity index (χ3n) is 3.45. The predicted molar refractivity (Wildman–Crippen MR) is 80.9 cm³/mol. The second kappa shape index (κ2) is 5.26. The lowest BCUT2D eigenvalue weighted by molar-refractivity contribution is 0.0698. The molecule has 1 aromatic heterocycles. The molecule has 1 aliphatic heterocycles. The van der Waals surface area contributed by atoms with E-state index in [-0.39, 0.29) is 27.7 Å². The number of hydrogen-bond donors (Lipinski definition) is 1.